The third kappa shape index (κ3) is 2.35. The van der Waals surface area contributed by atoms with Gasteiger partial charge in [-0.3, -0.25) is 4.79 Å². The average Bonchev–Trinajstić information content (AvgIpc) is 3.00. The summed E-state index contributed by atoms with van der Waals surface area (Å²) in [5.74, 6) is -0.143. The summed E-state index contributed by atoms with van der Waals surface area (Å²) in [7, 11) is 0. The number of aromatic carboxylic acids is 1. The Kier molecular flexibility index (Phi) is 3.32. The SMILES string of the molecule is N#Cc1c(C(=O)O)nn2cc(C3C=CC4=C(C3)OCCO4)[nH]c(=O)c12. The number of hydrogen-bond donors (Lipinski definition) is 2. The van der Waals surface area contributed by atoms with Crippen molar-refractivity contribution in [2.75, 3.05) is 13.2 Å². The zero-order valence-corrected chi connectivity index (χ0v) is 12.9. The van der Waals surface area contributed by atoms with E-state index in [1.165, 1.54) is 6.20 Å². The molecule has 25 heavy (non-hydrogen) atoms. The smallest absolute Gasteiger partial charge is 0.357 e. The lowest BCUT2D eigenvalue weighted by Gasteiger charge is -2.26. The minimum absolute atomic E-state index is 0.0828. The summed E-state index contributed by atoms with van der Waals surface area (Å²) in [5, 5.41) is 22.2. The Balaban J connectivity index is 1.79. The lowest BCUT2D eigenvalue weighted by Crippen LogP contribution is -2.20. The van der Waals surface area contributed by atoms with Crippen LogP contribution in [0.5, 0.6) is 0 Å². The molecular weight excluding hydrogens is 328 g/mol. The van der Waals surface area contributed by atoms with Gasteiger partial charge in [0, 0.05) is 24.2 Å². The van der Waals surface area contributed by atoms with Gasteiger partial charge in [-0.05, 0) is 6.08 Å². The van der Waals surface area contributed by atoms with E-state index in [2.05, 4.69) is 10.1 Å². The quantitative estimate of drug-likeness (QED) is 0.830. The van der Waals surface area contributed by atoms with Crippen molar-refractivity contribution in [3.8, 4) is 6.07 Å². The number of aromatic amines is 1. The molecule has 4 rings (SSSR count). The Labute approximate surface area is 140 Å². The number of nitriles is 1. The molecule has 1 aliphatic heterocycles. The summed E-state index contributed by atoms with van der Waals surface area (Å²) in [6.07, 6.45) is 5.69. The van der Waals surface area contributed by atoms with Crippen molar-refractivity contribution >= 4 is 11.5 Å². The Morgan fingerprint density at radius 2 is 2.24 bits per heavy atom. The lowest BCUT2D eigenvalue weighted by atomic mass is 9.95. The molecule has 2 aromatic heterocycles. The molecule has 2 N–H and O–H groups in total. The molecule has 9 nitrogen and oxygen atoms in total. The van der Waals surface area contributed by atoms with Crippen molar-refractivity contribution in [2.24, 2.45) is 0 Å². The zero-order chi connectivity index (χ0) is 17.6. The van der Waals surface area contributed by atoms with Gasteiger partial charge in [0.15, 0.2) is 11.5 Å². The maximum absolute atomic E-state index is 12.4. The van der Waals surface area contributed by atoms with Crippen LogP contribution in [0.4, 0.5) is 0 Å². The number of hydrogen-bond acceptors (Lipinski definition) is 6. The maximum Gasteiger partial charge on any atom is 0.357 e. The summed E-state index contributed by atoms with van der Waals surface area (Å²) < 4.78 is 12.2. The van der Waals surface area contributed by atoms with E-state index in [9.17, 15) is 9.59 Å². The van der Waals surface area contributed by atoms with E-state index in [0.717, 1.165) is 4.52 Å². The molecule has 1 aliphatic carbocycles. The molecule has 0 spiro atoms. The first kappa shape index (κ1) is 15.0. The van der Waals surface area contributed by atoms with Crippen molar-refractivity contribution in [3.05, 3.63) is 57.2 Å². The number of rotatable bonds is 2. The van der Waals surface area contributed by atoms with Crippen LogP contribution in [0, 0.1) is 11.3 Å². The Hall–Kier alpha value is -3.54. The molecule has 0 aromatic carbocycles. The van der Waals surface area contributed by atoms with E-state index in [4.69, 9.17) is 19.8 Å². The number of carboxylic acids is 1. The van der Waals surface area contributed by atoms with Crippen molar-refractivity contribution in [1.82, 2.24) is 14.6 Å². The average molecular weight is 340 g/mol. The number of nitrogens with zero attached hydrogens (tertiary/aromatic N) is 3. The van der Waals surface area contributed by atoms with Gasteiger partial charge in [-0.15, -0.1) is 0 Å². The largest absolute Gasteiger partial charge is 0.490 e. The highest BCUT2D eigenvalue weighted by Crippen LogP contribution is 2.32. The molecule has 0 bridgehead atoms. The van der Waals surface area contributed by atoms with Gasteiger partial charge in [-0.25, -0.2) is 9.31 Å². The van der Waals surface area contributed by atoms with Gasteiger partial charge in [-0.2, -0.15) is 10.4 Å². The van der Waals surface area contributed by atoms with Crippen molar-refractivity contribution in [3.63, 3.8) is 0 Å². The number of fused-ring (bicyclic) bond motifs is 1. The Morgan fingerprint density at radius 1 is 1.44 bits per heavy atom. The van der Waals surface area contributed by atoms with Crippen molar-refractivity contribution in [1.29, 1.82) is 5.26 Å². The molecule has 9 heteroatoms. The second-order valence-electron chi connectivity index (χ2n) is 5.63. The molecular formula is C16H12N4O5. The number of nitrogens with one attached hydrogen (secondary N) is 1. The first-order chi connectivity index (χ1) is 12.1. The number of carbonyl (C=O) groups is 1. The first-order valence-corrected chi connectivity index (χ1v) is 7.54. The number of allylic oxidation sites excluding steroid dienone is 3. The van der Waals surface area contributed by atoms with Crippen LogP contribution in [-0.2, 0) is 9.47 Å². The third-order valence-electron chi connectivity index (χ3n) is 4.14. The van der Waals surface area contributed by atoms with Crippen molar-refractivity contribution < 1.29 is 19.4 Å². The van der Waals surface area contributed by atoms with Gasteiger partial charge in [0.1, 0.15) is 36.1 Å². The fourth-order valence-electron chi connectivity index (χ4n) is 3.00. The standard InChI is InChI=1S/C16H12N4O5/c17-6-9-13(16(22)23)19-20-7-10(18-15(21)14(9)20)8-1-2-11-12(5-8)25-4-3-24-11/h1-2,7-8H,3-5H2,(H,18,21)(H,22,23). The Bertz CT molecular complexity index is 1050. The minimum atomic E-state index is -1.36. The van der Waals surface area contributed by atoms with Crippen LogP contribution in [0.15, 0.2) is 34.7 Å². The van der Waals surface area contributed by atoms with Crippen molar-refractivity contribution in [2.45, 2.75) is 12.3 Å². The number of H-pyrrole nitrogens is 1. The van der Waals surface area contributed by atoms with Crippen LogP contribution in [-0.4, -0.2) is 38.9 Å². The van der Waals surface area contributed by atoms with Gasteiger partial charge >= 0.3 is 5.97 Å². The van der Waals surface area contributed by atoms with E-state index in [1.807, 2.05) is 6.08 Å². The molecule has 126 valence electrons. The molecule has 2 aromatic rings. The van der Waals surface area contributed by atoms with Gasteiger partial charge in [0.25, 0.3) is 5.56 Å². The molecule has 0 saturated carbocycles. The predicted octanol–water partition coefficient (Wildman–Crippen LogP) is 0.894. The summed E-state index contributed by atoms with van der Waals surface area (Å²) in [5.41, 5.74) is -0.811. The summed E-state index contributed by atoms with van der Waals surface area (Å²) in [6.45, 7) is 0.973. The van der Waals surface area contributed by atoms with E-state index >= 15 is 0 Å². The third-order valence-corrected chi connectivity index (χ3v) is 4.14. The molecule has 0 fully saturated rings. The van der Waals surface area contributed by atoms with Crippen LogP contribution in [0.2, 0.25) is 0 Å². The Morgan fingerprint density at radius 3 is 3.00 bits per heavy atom. The minimum Gasteiger partial charge on any atom is -0.490 e. The number of aromatic nitrogens is 3. The zero-order valence-electron chi connectivity index (χ0n) is 12.9. The maximum atomic E-state index is 12.4. The second-order valence-corrected chi connectivity index (χ2v) is 5.63. The van der Waals surface area contributed by atoms with E-state index in [1.54, 1.807) is 12.1 Å². The van der Waals surface area contributed by atoms with Crippen LogP contribution in [0.3, 0.4) is 0 Å². The summed E-state index contributed by atoms with van der Waals surface area (Å²) in [6, 6.07) is 1.73. The lowest BCUT2D eigenvalue weighted by molar-refractivity contribution is 0.0616. The highest BCUT2D eigenvalue weighted by atomic mass is 16.6. The summed E-state index contributed by atoms with van der Waals surface area (Å²) in [4.78, 5) is 26.3. The molecule has 0 radical (unpaired) electrons. The van der Waals surface area contributed by atoms with Gasteiger partial charge < -0.3 is 19.6 Å². The highest BCUT2D eigenvalue weighted by Gasteiger charge is 2.26. The first-order valence-electron chi connectivity index (χ1n) is 7.54. The van der Waals surface area contributed by atoms with E-state index < -0.39 is 17.2 Å². The summed E-state index contributed by atoms with van der Waals surface area (Å²) >= 11 is 0. The second kappa shape index (κ2) is 5.52. The van der Waals surface area contributed by atoms with E-state index in [-0.39, 0.29) is 17.0 Å². The van der Waals surface area contributed by atoms with Crippen LogP contribution < -0.4 is 5.56 Å². The van der Waals surface area contributed by atoms with Crippen LogP contribution in [0.1, 0.15) is 34.1 Å². The molecule has 3 heterocycles. The predicted molar refractivity (Wildman–Crippen MR) is 82.9 cm³/mol. The highest BCUT2D eigenvalue weighted by molar-refractivity contribution is 5.91. The topological polar surface area (TPSA) is 130 Å². The molecule has 1 atom stereocenters. The molecule has 0 saturated heterocycles. The monoisotopic (exact) mass is 340 g/mol. The van der Waals surface area contributed by atoms with Gasteiger partial charge in [0.05, 0.1) is 0 Å². The van der Waals surface area contributed by atoms with Gasteiger partial charge in [0.2, 0.25) is 0 Å². The van der Waals surface area contributed by atoms with Crippen LogP contribution in [0.25, 0.3) is 5.52 Å². The van der Waals surface area contributed by atoms with E-state index in [0.29, 0.717) is 36.8 Å². The number of carboxylic acid groups (broad SMARTS) is 1. The van der Waals surface area contributed by atoms with Crippen LogP contribution >= 0.6 is 0 Å². The molecule has 2 aliphatic rings. The molecule has 1 unspecified atom stereocenters. The normalized spacial score (nSPS) is 19.1. The molecule has 0 amide bonds. The fourth-order valence-corrected chi connectivity index (χ4v) is 3.00. The van der Waals surface area contributed by atoms with Gasteiger partial charge in [-0.1, -0.05) is 6.08 Å². The number of ether oxygens (including phenoxy) is 2. The fraction of sp³-hybridized carbons (Fsp3) is 0.250.